The van der Waals surface area contributed by atoms with Crippen LogP contribution in [-0.4, -0.2) is 85.8 Å². The van der Waals surface area contributed by atoms with E-state index in [4.69, 9.17) is 14.2 Å². The van der Waals surface area contributed by atoms with E-state index < -0.39 is 0 Å². The zero-order valence-electron chi connectivity index (χ0n) is 19.3. The van der Waals surface area contributed by atoms with Crippen molar-refractivity contribution in [2.75, 3.05) is 65.4 Å². The van der Waals surface area contributed by atoms with Gasteiger partial charge >= 0.3 is 5.97 Å². The molecule has 0 saturated carbocycles. The van der Waals surface area contributed by atoms with Crippen LogP contribution in [0.4, 0.5) is 11.5 Å². The van der Waals surface area contributed by atoms with Crippen LogP contribution in [0.25, 0.3) is 10.9 Å². The summed E-state index contributed by atoms with van der Waals surface area (Å²) in [6.45, 7) is 5.08. The number of benzene rings is 2. The normalized spacial score (nSPS) is 14.7. The van der Waals surface area contributed by atoms with Gasteiger partial charge in [0.25, 0.3) is 0 Å². The molecule has 0 unspecified atom stereocenters. The lowest BCUT2D eigenvalue weighted by Crippen LogP contribution is -2.48. The molecule has 180 valence electrons. The fourth-order valence-corrected chi connectivity index (χ4v) is 4.24. The quantitative estimate of drug-likeness (QED) is 0.419. The molecule has 2 heterocycles. The highest BCUT2D eigenvalue weighted by Crippen LogP contribution is 2.35. The Labute approximate surface area is 207 Å². The minimum absolute atomic E-state index is 0.195. The van der Waals surface area contributed by atoms with Crippen molar-refractivity contribution >= 4 is 44.3 Å². The first-order valence-corrected chi connectivity index (χ1v) is 11.8. The molecule has 9 nitrogen and oxygen atoms in total. The third kappa shape index (κ3) is 6.13. The second kappa shape index (κ2) is 11.5. The number of halogens is 1. The average molecular weight is 530 g/mol. The van der Waals surface area contributed by atoms with Gasteiger partial charge in [0.15, 0.2) is 11.5 Å². The molecule has 3 aromatic rings. The van der Waals surface area contributed by atoms with E-state index in [0.29, 0.717) is 30.5 Å². The zero-order valence-corrected chi connectivity index (χ0v) is 20.9. The van der Waals surface area contributed by atoms with E-state index in [1.807, 2.05) is 36.4 Å². The fourth-order valence-electron chi connectivity index (χ4n) is 3.84. The topological polar surface area (TPSA) is 89.1 Å². The summed E-state index contributed by atoms with van der Waals surface area (Å²) in [6, 6.07) is 11.7. The third-order valence-electron chi connectivity index (χ3n) is 5.72. The number of ether oxygens (including phenoxy) is 3. The Balaban J connectivity index is 1.39. The maximum Gasteiger partial charge on any atom is 0.319 e. The van der Waals surface area contributed by atoms with Crippen LogP contribution in [0, 0.1) is 0 Å². The standard InChI is InChI=1S/C24H28BrN5O4/c1-32-21-13-19-20(26-16-27-24(19)28-18-5-3-4-17(25)12-18)14-22(21)34-11-10-29-6-8-30(9-7-29)15-23(31)33-2/h3-5,12-14,16H,6-11,15H2,1-2H3,(H,26,27,28). The molecule has 34 heavy (non-hydrogen) atoms. The first kappa shape index (κ1) is 24.2. The smallest absolute Gasteiger partial charge is 0.319 e. The molecule has 10 heteroatoms. The summed E-state index contributed by atoms with van der Waals surface area (Å²) in [7, 11) is 3.04. The summed E-state index contributed by atoms with van der Waals surface area (Å²) in [5.74, 6) is 1.77. The second-order valence-corrected chi connectivity index (χ2v) is 8.84. The van der Waals surface area contributed by atoms with Crippen LogP contribution in [-0.2, 0) is 9.53 Å². The van der Waals surface area contributed by atoms with Crippen molar-refractivity contribution in [2.24, 2.45) is 0 Å². The maximum absolute atomic E-state index is 11.4. The molecule has 1 aliphatic heterocycles. The molecule has 0 atom stereocenters. The number of rotatable bonds is 9. The molecule has 1 N–H and O–H groups in total. The van der Waals surface area contributed by atoms with Crippen LogP contribution in [0.3, 0.4) is 0 Å². The molecule has 1 aromatic heterocycles. The number of esters is 1. The van der Waals surface area contributed by atoms with Crippen molar-refractivity contribution in [3.05, 3.63) is 47.2 Å². The van der Waals surface area contributed by atoms with Crippen LogP contribution >= 0.6 is 15.9 Å². The molecule has 0 bridgehead atoms. The van der Waals surface area contributed by atoms with Gasteiger partial charge in [-0.15, -0.1) is 0 Å². The Kier molecular flexibility index (Phi) is 8.15. The Hall–Kier alpha value is -2.95. The lowest BCUT2D eigenvalue weighted by atomic mass is 10.2. The lowest BCUT2D eigenvalue weighted by Gasteiger charge is -2.33. The SMILES string of the molecule is COC(=O)CN1CCN(CCOc2cc3ncnc(Nc4cccc(Br)c4)c3cc2OC)CC1. The van der Waals surface area contributed by atoms with Gasteiger partial charge in [0.2, 0.25) is 0 Å². The number of fused-ring (bicyclic) bond motifs is 1. The van der Waals surface area contributed by atoms with E-state index in [1.54, 1.807) is 7.11 Å². The van der Waals surface area contributed by atoms with Gasteiger partial charge in [-0.3, -0.25) is 14.6 Å². The van der Waals surface area contributed by atoms with Gasteiger partial charge in [0.1, 0.15) is 18.8 Å². The number of methoxy groups -OCH3 is 2. The Morgan fingerprint density at radius 2 is 1.85 bits per heavy atom. The minimum atomic E-state index is -0.195. The van der Waals surface area contributed by atoms with Gasteiger partial charge in [0, 0.05) is 54.3 Å². The Morgan fingerprint density at radius 3 is 2.59 bits per heavy atom. The molecule has 4 rings (SSSR count). The van der Waals surface area contributed by atoms with Crippen molar-refractivity contribution in [2.45, 2.75) is 0 Å². The second-order valence-electron chi connectivity index (χ2n) is 7.92. The number of aromatic nitrogens is 2. The van der Waals surface area contributed by atoms with Crippen LogP contribution in [0.15, 0.2) is 47.2 Å². The van der Waals surface area contributed by atoms with Crippen LogP contribution < -0.4 is 14.8 Å². The molecule has 1 saturated heterocycles. The average Bonchev–Trinajstić information content (AvgIpc) is 2.85. The van der Waals surface area contributed by atoms with E-state index in [2.05, 4.69) is 41.0 Å². The number of nitrogens with one attached hydrogen (secondary N) is 1. The van der Waals surface area contributed by atoms with E-state index in [0.717, 1.165) is 53.8 Å². The van der Waals surface area contributed by atoms with Crippen molar-refractivity contribution in [3.63, 3.8) is 0 Å². The Morgan fingerprint density at radius 1 is 1.06 bits per heavy atom. The number of hydrogen-bond donors (Lipinski definition) is 1. The van der Waals surface area contributed by atoms with Gasteiger partial charge in [-0.1, -0.05) is 22.0 Å². The van der Waals surface area contributed by atoms with Gasteiger partial charge in [-0.25, -0.2) is 9.97 Å². The highest BCUT2D eigenvalue weighted by molar-refractivity contribution is 9.10. The van der Waals surface area contributed by atoms with E-state index in [-0.39, 0.29) is 5.97 Å². The first-order valence-electron chi connectivity index (χ1n) is 11.1. The highest BCUT2D eigenvalue weighted by atomic mass is 79.9. The molecule has 0 aliphatic carbocycles. The summed E-state index contributed by atoms with van der Waals surface area (Å²) in [5, 5.41) is 4.19. The number of hydrogen-bond acceptors (Lipinski definition) is 9. The molecule has 2 aromatic carbocycles. The summed E-state index contributed by atoms with van der Waals surface area (Å²) < 4.78 is 17.4. The van der Waals surface area contributed by atoms with Crippen molar-refractivity contribution in [1.29, 1.82) is 0 Å². The molecule has 0 spiro atoms. The van der Waals surface area contributed by atoms with Crippen LogP contribution in [0.2, 0.25) is 0 Å². The Bertz CT molecular complexity index is 1140. The van der Waals surface area contributed by atoms with E-state index in [9.17, 15) is 4.79 Å². The van der Waals surface area contributed by atoms with Gasteiger partial charge in [-0.05, 0) is 24.3 Å². The van der Waals surface area contributed by atoms with E-state index >= 15 is 0 Å². The molecular weight excluding hydrogens is 502 g/mol. The highest BCUT2D eigenvalue weighted by Gasteiger charge is 2.19. The fraction of sp³-hybridized carbons (Fsp3) is 0.375. The predicted molar refractivity (Wildman–Crippen MR) is 134 cm³/mol. The zero-order chi connectivity index (χ0) is 23.9. The minimum Gasteiger partial charge on any atom is -0.493 e. The van der Waals surface area contributed by atoms with Crippen molar-refractivity contribution in [3.8, 4) is 11.5 Å². The molecule has 0 amide bonds. The predicted octanol–water partition coefficient (Wildman–Crippen LogP) is 3.31. The summed E-state index contributed by atoms with van der Waals surface area (Å²) >= 11 is 3.49. The number of anilines is 2. The third-order valence-corrected chi connectivity index (χ3v) is 6.21. The maximum atomic E-state index is 11.4. The number of nitrogens with zero attached hydrogens (tertiary/aromatic N) is 4. The van der Waals surface area contributed by atoms with Crippen LogP contribution in [0.1, 0.15) is 0 Å². The number of carbonyl (C=O) groups excluding carboxylic acids is 1. The van der Waals surface area contributed by atoms with Gasteiger partial charge < -0.3 is 19.5 Å². The molecule has 1 fully saturated rings. The summed E-state index contributed by atoms with van der Waals surface area (Å²) in [6.07, 6.45) is 1.53. The van der Waals surface area contributed by atoms with E-state index in [1.165, 1.54) is 13.4 Å². The number of carbonyl (C=O) groups is 1. The number of piperazine rings is 1. The lowest BCUT2D eigenvalue weighted by molar-refractivity contribution is -0.142. The summed E-state index contributed by atoms with van der Waals surface area (Å²) in [5.41, 5.74) is 1.68. The summed E-state index contributed by atoms with van der Waals surface area (Å²) in [4.78, 5) is 24.7. The van der Waals surface area contributed by atoms with Gasteiger partial charge in [0.05, 0.1) is 26.3 Å². The molecular formula is C24H28BrN5O4. The van der Waals surface area contributed by atoms with Crippen molar-refractivity contribution in [1.82, 2.24) is 19.8 Å². The monoisotopic (exact) mass is 529 g/mol. The largest absolute Gasteiger partial charge is 0.493 e. The first-order chi connectivity index (χ1) is 16.6. The van der Waals surface area contributed by atoms with Crippen molar-refractivity contribution < 1.29 is 19.0 Å². The molecule has 1 aliphatic rings. The van der Waals surface area contributed by atoms with Gasteiger partial charge in [-0.2, -0.15) is 0 Å². The molecule has 0 radical (unpaired) electrons. The van der Waals surface area contributed by atoms with Crippen LogP contribution in [0.5, 0.6) is 11.5 Å².